The van der Waals surface area contributed by atoms with E-state index in [9.17, 15) is 0 Å². The van der Waals surface area contributed by atoms with Crippen molar-refractivity contribution >= 4 is 22.5 Å². The summed E-state index contributed by atoms with van der Waals surface area (Å²) in [6, 6.07) is 0. The molecular formula is C10H10N6S. The molecule has 0 amide bonds. The van der Waals surface area contributed by atoms with Crippen LogP contribution in [-0.2, 0) is 0 Å². The molecule has 3 heterocycles. The van der Waals surface area contributed by atoms with Crippen LogP contribution in [0.1, 0.15) is 17.1 Å². The van der Waals surface area contributed by atoms with Crippen molar-refractivity contribution in [1.82, 2.24) is 24.3 Å². The Morgan fingerprint density at radius 3 is 2.82 bits per heavy atom. The van der Waals surface area contributed by atoms with Gasteiger partial charge in [-0.3, -0.25) is 4.40 Å². The predicted molar refractivity (Wildman–Crippen MR) is 65.6 cm³/mol. The summed E-state index contributed by atoms with van der Waals surface area (Å²) in [5.74, 6) is 0. The zero-order valence-electron chi connectivity index (χ0n) is 9.40. The second-order valence-corrected chi connectivity index (χ2v) is 4.50. The molecule has 3 aromatic rings. The highest BCUT2D eigenvalue weighted by Gasteiger charge is 2.09. The van der Waals surface area contributed by atoms with Gasteiger partial charge in [-0.15, -0.1) is 21.5 Å². The molecule has 0 aromatic carbocycles. The molecule has 0 bridgehead atoms. The molecule has 0 unspecified atom stereocenters. The fraction of sp³-hybridized carbons (Fsp3) is 0.200. The van der Waals surface area contributed by atoms with Gasteiger partial charge in [0.05, 0.1) is 17.6 Å². The molecule has 0 saturated heterocycles. The molecule has 0 aliphatic carbocycles. The van der Waals surface area contributed by atoms with E-state index >= 15 is 0 Å². The number of hydrogen-bond donors (Lipinski definition) is 0. The van der Waals surface area contributed by atoms with Crippen molar-refractivity contribution in [3.05, 3.63) is 35.1 Å². The van der Waals surface area contributed by atoms with Crippen LogP contribution in [-0.4, -0.2) is 30.5 Å². The van der Waals surface area contributed by atoms with Crippen molar-refractivity contribution in [2.24, 2.45) is 5.10 Å². The van der Waals surface area contributed by atoms with E-state index < -0.39 is 0 Å². The molecule has 0 saturated carbocycles. The highest BCUT2D eigenvalue weighted by atomic mass is 32.1. The molecule has 17 heavy (non-hydrogen) atoms. The zero-order valence-corrected chi connectivity index (χ0v) is 10.2. The van der Waals surface area contributed by atoms with E-state index in [1.807, 2.05) is 6.92 Å². The van der Waals surface area contributed by atoms with E-state index in [4.69, 9.17) is 0 Å². The van der Waals surface area contributed by atoms with Crippen LogP contribution in [0.15, 0.2) is 23.1 Å². The average Bonchev–Trinajstić information content (AvgIpc) is 2.97. The van der Waals surface area contributed by atoms with Crippen molar-refractivity contribution in [3.8, 4) is 0 Å². The lowest BCUT2D eigenvalue weighted by Crippen LogP contribution is -1.95. The minimum atomic E-state index is 0.969. The SMILES string of the molecule is Cc1nc2scc(C)n2c1C=Nn1cnnc1. The van der Waals surface area contributed by atoms with Gasteiger partial charge in [-0.25, -0.2) is 9.66 Å². The predicted octanol–water partition coefficient (Wildman–Crippen LogP) is 1.49. The van der Waals surface area contributed by atoms with Crippen LogP contribution in [0.5, 0.6) is 0 Å². The summed E-state index contributed by atoms with van der Waals surface area (Å²) >= 11 is 1.63. The van der Waals surface area contributed by atoms with Crippen LogP contribution < -0.4 is 0 Å². The minimum absolute atomic E-state index is 0.969. The van der Waals surface area contributed by atoms with Gasteiger partial charge in [0.15, 0.2) is 4.96 Å². The summed E-state index contributed by atoms with van der Waals surface area (Å²) in [6.07, 6.45) is 4.87. The number of rotatable bonds is 2. The lowest BCUT2D eigenvalue weighted by Gasteiger charge is -1.95. The maximum atomic E-state index is 4.48. The van der Waals surface area contributed by atoms with Crippen molar-refractivity contribution in [1.29, 1.82) is 0 Å². The zero-order chi connectivity index (χ0) is 11.8. The molecule has 0 spiro atoms. The van der Waals surface area contributed by atoms with Gasteiger partial charge in [0.2, 0.25) is 0 Å². The van der Waals surface area contributed by atoms with Crippen LogP contribution >= 0.6 is 11.3 Å². The lowest BCUT2D eigenvalue weighted by atomic mass is 10.3. The van der Waals surface area contributed by atoms with Crippen LogP contribution in [0.3, 0.4) is 0 Å². The first-order chi connectivity index (χ1) is 8.25. The third-order valence-electron chi connectivity index (χ3n) is 2.47. The second-order valence-electron chi connectivity index (χ2n) is 3.66. The average molecular weight is 246 g/mol. The van der Waals surface area contributed by atoms with E-state index in [-0.39, 0.29) is 0 Å². The van der Waals surface area contributed by atoms with E-state index in [1.54, 1.807) is 34.9 Å². The normalized spacial score (nSPS) is 11.9. The van der Waals surface area contributed by atoms with Gasteiger partial charge >= 0.3 is 0 Å². The molecule has 7 heteroatoms. The van der Waals surface area contributed by atoms with E-state index in [1.165, 1.54) is 0 Å². The van der Waals surface area contributed by atoms with E-state index in [0.29, 0.717) is 0 Å². The highest BCUT2D eigenvalue weighted by Crippen LogP contribution is 2.19. The number of hydrogen-bond acceptors (Lipinski definition) is 5. The quantitative estimate of drug-likeness (QED) is 0.643. The van der Waals surface area contributed by atoms with Gasteiger partial charge in [0.25, 0.3) is 0 Å². The van der Waals surface area contributed by atoms with Crippen molar-refractivity contribution in [3.63, 3.8) is 0 Å². The number of fused-ring (bicyclic) bond motifs is 1. The van der Waals surface area contributed by atoms with Crippen molar-refractivity contribution in [2.45, 2.75) is 13.8 Å². The van der Waals surface area contributed by atoms with E-state index in [0.717, 1.165) is 22.0 Å². The Balaban J connectivity index is 2.10. The largest absolute Gasteiger partial charge is 0.286 e. The fourth-order valence-electron chi connectivity index (χ4n) is 1.65. The molecule has 0 fully saturated rings. The summed E-state index contributed by atoms with van der Waals surface area (Å²) < 4.78 is 3.65. The highest BCUT2D eigenvalue weighted by molar-refractivity contribution is 7.15. The van der Waals surface area contributed by atoms with Gasteiger partial charge in [0, 0.05) is 11.1 Å². The number of aromatic nitrogens is 5. The molecule has 0 radical (unpaired) electrons. The lowest BCUT2D eigenvalue weighted by molar-refractivity contribution is 0.876. The standard InChI is InChI=1S/C10H10N6S/c1-7-4-17-10-14-8(2)9(16(7)10)3-13-15-5-11-12-6-15/h3-6H,1-2H3. The first-order valence-electron chi connectivity index (χ1n) is 5.08. The first-order valence-corrected chi connectivity index (χ1v) is 5.96. The summed E-state index contributed by atoms with van der Waals surface area (Å²) in [4.78, 5) is 5.47. The molecule has 0 aliphatic rings. The Bertz CT molecular complexity index is 675. The fourth-order valence-corrected chi connectivity index (χ4v) is 2.57. The van der Waals surface area contributed by atoms with Gasteiger partial charge in [-0.05, 0) is 13.8 Å². The number of thiazole rings is 1. The smallest absolute Gasteiger partial charge is 0.194 e. The molecule has 0 aliphatic heterocycles. The third kappa shape index (κ3) is 1.64. The Kier molecular flexibility index (Phi) is 2.25. The van der Waals surface area contributed by atoms with Crippen LogP contribution in [0, 0.1) is 13.8 Å². The topological polar surface area (TPSA) is 60.4 Å². The summed E-state index contributed by atoms with van der Waals surface area (Å²) in [7, 11) is 0. The molecule has 6 nitrogen and oxygen atoms in total. The van der Waals surface area contributed by atoms with Gasteiger partial charge in [0.1, 0.15) is 12.7 Å². The van der Waals surface area contributed by atoms with Crippen LogP contribution in [0.4, 0.5) is 0 Å². The maximum absolute atomic E-state index is 4.48. The number of imidazole rings is 1. The van der Waals surface area contributed by atoms with Crippen LogP contribution in [0.2, 0.25) is 0 Å². The summed E-state index contributed by atoms with van der Waals surface area (Å²) in [5.41, 5.74) is 3.13. The maximum Gasteiger partial charge on any atom is 0.194 e. The number of aryl methyl sites for hydroxylation is 2. The molecule has 86 valence electrons. The van der Waals surface area contributed by atoms with Crippen molar-refractivity contribution < 1.29 is 0 Å². The molecule has 3 aromatic heterocycles. The van der Waals surface area contributed by atoms with Crippen molar-refractivity contribution in [2.75, 3.05) is 0 Å². The Morgan fingerprint density at radius 1 is 1.29 bits per heavy atom. The Hall–Kier alpha value is -2.02. The molecular weight excluding hydrogens is 236 g/mol. The second kappa shape index (κ2) is 3.77. The third-order valence-corrected chi connectivity index (χ3v) is 3.42. The number of nitrogens with zero attached hydrogens (tertiary/aromatic N) is 6. The van der Waals surface area contributed by atoms with E-state index in [2.05, 4.69) is 37.0 Å². The van der Waals surface area contributed by atoms with Gasteiger partial charge in [-0.1, -0.05) is 0 Å². The van der Waals surface area contributed by atoms with Crippen LogP contribution in [0.25, 0.3) is 4.96 Å². The molecule has 3 rings (SSSR count). The summed E-state index contributed by atoms with van der Waals surface area (Å²) in [6.45, 7) is 4.04. The first kappa shape index (κ1) is 10.2. The Labute approximate surface area is 101 Å². The summed E-state index contributed by atoms with van der Waals surface area (Å²) in [5, 5.41) is 13.7. The van der Waals surface area contributed by atoms with Gasteiger partial charge < -0.3 is 0 Å². The molecule has 0 atom stereocenters. The Morgan fingerprint density at radius 2 is 2.06 bits per heavy atom. The van der Waals surface area contributed by atoms with Gasteiger partial charge in [-0.2, -0.15) is 5.10 Å². The molecule has 0 N–H and O–H groups in total. The minimum Gasteiger partial charge on any atom is -0.286 e. The monoisotopic (exact) mass is 246 g/mol.